The van der Waals surface area contributed by atoms with E-state index in [0.717, 1.165) is 18.0 Å². The Kier molecular flexibility index (Phi) is 4.78. The lowest BCUT2D eigenvalue weighted by Crippen LogP contribution is -2.41. The predicted molar refractivity (Wildman–Crippen MR) is 95.3 cm³/mol. The topological polar surface area (TPSA) is 101 Å². The largest absolute Gasteiger partial charge is 0.467 e. The number of hydrogen-bond acceptors (Lipinski definition) is 6. The molecule has 1 aliphatic heterocycles. The quantitative estimate of drug-likeness (QED) is 0.652. The highest BCUT2D eigenvalue weighted by Crippen LogP contribution is 2.23. The monoisotopic (exact) mass is 370 g/mol. The number of rotatable bonds is 6. The molecule has 0 bridgehead atoms. The molecule has 0 unspecified atom stereocenters. The average Bonchev–Trinajstić information content (AvgIpc) is 3.39. The number of furan rings is 1. The number of aliphatic hydroxyl groups excluding tert-OH is 1. The number of fused-ring (bicyclic) bond motifs is 1. The van der Waals surface area contributed by atoms with Crippen molar-refractivity contribution in [3.05, 3.63) is 59.6 Å². The molecule has 1 atom stereocenters. The van der Waals surface area contributed by atoms with Gasteiger partial charge in [-0.2, -0.15) is 10.2 Å². The number of aryl methyl sites for hydroxylation is 1. The van der Waals surface area contributed by atoms with E-state index in [1.54, 1.807) is 36.3 Å². The zero-order valence-electron chi connectivity index (χ0n) is 15.1. The summed E-state index contributed by atoms with van der Waals surface area (Å²) < 4.78 is 8.75. The highest BCUT2D eigenvalue weighted by atomic mass is 16.3. The summed E-state index contributed by atoms with van der Waals surface area (Å²) in [4.78, 5) is 14.2. The van der Waals surface area contributed by atoms with Crippen molar-refractivity contribution >= 4 is 5.91 Å². The van der Waals surface area contributed by atoms with Gasteiger partial charge in [-0.15, -0.1) is 0 Å². The maximum absolute atomic E-state index is 12.2. The first-order valence-electron chi connectivity index (χ1n) is 8.84. The lowest BCUT2D eigenvalue weighted by Gasteiger charge is -2.26. The molecule has 0 saturated carbocycles. The zero-order chi connectivity index (χ0) is 18.8. The number of aliphatic hydroxyl groups is 1. The van der Waals surface area contributed by atoms with Crippen molar-refractivity contribution < 1.29 is 14.3 Å². The first-order chi connectivity index (χ1) is 13.1. The second kappa shape index (κ2) is 7.37. The minimum atomic E-state index is -0.819. The lowest BCUT2D eigenvalue weighted by molar-refractivity contribution is -0.122. The van der Waals surface area contributed by atoms with Gasteiger partial charge >= 0.3 is 0 Å². The number of carbonyl (C=O) groups is 1. The Morgan fingerprint density at radius 2 is 2.30 bits per heavy atom. The van der Waals surface area contributed by atoms with Gasteiger partial charge in [-0.3, -0.25) is 19.1 Å². The summed E-state index contributed by atoms with van der Waals surface area (Å²) in [6, 6.07) is 7.29. The van der Waals surface area contributed by atoms with Crippen LogP contribution in [0.25, 0.3) is 0 Å². The number of nitrogens with zero attached hydrogens (tertiary/aromatic N) is 5. The van der Waals surface area contributed by atoms with Crippen molar-refractivity contribution in [1.82, 2.24) is 29.8 Å². The fraction of sp³-hybridized carbons (Fsp3) is 0.389. The molecule has 1 amide bonds. The third-order valence-electron chi connectivity index (χ3n) is 4.72. The van der Waals surface area contributed by atoms with Gasteiger partial charge < -0.3 is 14.8 Å². The average molecular weight is 370 g/mol. The molecule has 3 aromatic rings. The molecule has 1 aliphatic rings. The van der Waals surface area contributed by atoms with E-state index < -0.39 is 6.10 Å². The number of aromatic nitrogens is 4. The van der Waals surface area contributed by atoms with Gasteiger partial charge in [0.25, 0.3) is 0 Å². The summed E-state index contributed by atoms with van der Waals surface area (Å²) in [5.41, 5.74) is 2.27. The highest BCUT2D eigenvalue weighted by molar-refractivity contribution is 5.77. The molecule has 0 aromatic carbocycles. The van der Waals surface area contributed by atoms with Crippen molar-refractivity contribution in [3.63, 3.8) is 0 Å². The van der Waals surface area contributed by atoms with Crippen LogP contribution >= 0.6 is 0 Å². The molecule has 0 saturated heterocycles. The van der Waals surface area contributed by atoms with Crippen molar-refractivity contribution in [2.24, 2.45) is 7.05 Å². The normalized spacial score (nSPS) is 15.5. The summed E-state index contributed by atoms with van der Waals surface area (Å²) in [6.45, 7) is 2.71. The first-order valence-corrected chi connectivity index (χ1v) is 8.84. The van der Waals surface area contributed by atoms with Gasteiger partial charge in [0.2, 0.25) is 5.91 Å². The Hall–Kier alpha value is -2.91. The van der Waals surface area contributed by atoms with Crippen LogP contribution in [0.5, 0.6) is 0 Å². The van der Waals surface area contributed by atoms with Crippen molar-refractivity contribution in [3.8, 4) is 0 Å². The van der Waals surface area contributed by atoms with Crippen LogP contribution in [0.15, 0.2) is 41.1 Å². The third-order valence-corrected chi connectivity index (χ3v) is 4.72. The van der Waals surface area contributed by atoms with Crippen LogP contribution in [0, 0.1) is 0 Å². The maximum atomic E-state index is 12.2. The number of amides is 1. The van der Waals surface area contributed by atoms with Gasteiger partial charge in [-0.05, 0) is 24.3 Å². The van der Waals surface area contributed by atoms with E-state index in [0.29, 0.717) is 37.6 Å². The van der Waals surface area contributed by atoms with Crippen molar-refractivity contribution in [2.75, 3.05) is 13.1 Å². The molecule has 0 aliphatic carbocycles. The van der Waals surface area contributed by atoms with Crippen molar-refractivity contribution in [2.45, 2.75) is 25.7 Å². The van der Waals surface area contributed by atoms with Crippen LogP contribution in [-0.2, 0) is 31.5 Å². The Balaban J connectivity index is 1.36. The summed E-state index contributed by atoms with van der Waals surface area (Å²) >= 11 is 0. The van der Waals surface area contributed by atoms with Crippen LogP contribution in [0.1, 0.15) is 28.9 Å². The second-order valence-electron chi connectivity index (χ2n) is 6.63. The Morgan fingerprint density at radius 1 is 1.41 bits per heavy atom. The summed E-state index contributed by atoms with van der Waals surface area (Å²) in [5, 5.41) is 22.0. The van der Waals surface area contributed by atoms with Crippen LogP contribution in [0.3, 0.4) is 0 Å². The van der Waals surface area contributed by atoms with E-state index in [-0.39, 0.29) is 5.91 Å². The summed E-state index contributed by atoms with van der Waals surface area (Å²) in [6.07, 6.45) is 2.42. The van der Waals surface area contributed by atoms with Crippen LogP contribution in [0.2, 0.25) is 0 Å². The van der Waals surface area contributed by atoms with Crippen LogP contribution in [-0.4, -0.2) is 48.6 Å². The molecule has 9 nitrogen and oxygen atoms in total. The Labute approximate surface area is 156 Å². The van der Waals surface area contributed by atoms with Gasteiger partial charge in [-0.1, -0.05) is 0 Å². The van der Waals surface area contributed by atoms with Crippen molar-refractivity contribution in [1.29, 1.82) is 0 Å². The zero-order valence-corrected chi connectivity index (χ0v) is 15.1. The van der Waals surface area contributed by atoms with Gasteiger partial charge in [0, 0.05) is 26.3 Å². The molecule has 9 heteroatoms. The van der Waals surface area contributed by atoms with Gasteiger partial charge in [-0.25, -0.2) is 0 Å². The first kappa shape index (κ1) is 17.5. The second-order valence-corrected chi connectivity index (χ2v) is 6.63. The van der Waals surface area contributed by atoms with E-state index in [9.17, 15) is 9.90 Å². The minimum Gasteiger partial charge on any atom is -0.467 e. The smallest absolute Gasteiger partial charge is 0.234 e. The highest BCUT2D eigenvalue weighted by Gasteiger charge is 2.24. The molecular formula is C18H22N6O3. The molecule has 0 spiro atoms. The van der Waals surface area contributed by atoms with Gasteiger partial charge in [0.05, 0.1) is 43.0 Å². The standard InChI is InChI=1S/C18H22N6O3/c1-22-16(4-5-20-22)18(26)15-9-13-11-23(6-7-24(13)21-15)12-17(25)19-10-14-3-2-8-27-14/h2-5,8-9,18,26H,6-7,10-12H2,1H3,(H,19,25)/t18-/m1/s1. The Bertz CT molecular complexity index is 914. The van der Waals surface area contributed by atoms with Crippen LogP contribution in [0.4, 0.5) is 0 Å². The maximum Gasteiger partial charge on any atom is 0.234 e. The molecule has 0 radical (unpaired) electrons. The van der Waals surface area contributed by atoms with Gasteiger partial charge in [0.15, 0.2) is 0 Å². The van der Waals surface area contributed by atoms with Gasteiger partial charge in [0.1, 0.15) is 11.9 Å². The fourth-order valence-corrected chi connectivity index (χ4v) is 3.27. The summed E-state index contributed by atoms with van der Waals surface area (Å²) in [5.74, 6) is 0.684. The minimum absolute atomic E-state index is 0.0468. The number of hydrogen-bond donors (Lipinski definition) is 2. The third kappa shape index (κ3) is 3.79. The SMILES string of the molecule is Cn1nccc1[C@H](O)c1cc2n(n1)CCN(CC(=O)NCc1ccco1)C2. The van der Waals surface area contributed by atoms with E-state index in [1.807, 2.05) is 16.8 Å². The van der Waals surface area contributed by atoms with E-state index in [1.165, 1.54) is 0 Å². The molecule has 142 valence electrons. The molecular weight excluding hydrogens is 348 g/mol. The molecule has 2 N–H and O–H groups in total. The van der Waals surface area contributed by atoms with E-state index in [4.69, 9.17) is 4.42 Å². The molecule has 3 aromatic heterocycles. The molecule has 0 fully saturated rings. The number of nitrogens with one attached hydrogen (secondary N) is 1. The molecule has 27 heavy (non-hydrogen) atoms. The molecule has 4 rings (SSSR count). The Morgan fingerprint density at radius 3 is 3.04 bits per heavy atom. The molecule has 4 heterocycles. The summed E-state index contributed by atoms with van der Waals surface area (Å²) in [7, 11) is 1.79. The van der Waals surface area contributed by atoms with E-state index >= 15 is 0 Å². The lowest BCUT2D eigenvalue weighted by atomic mass is 10.1. The van der Waals surface area contributed by atoms with E-state index in [2.05, 4.69) is 20.4 Å². The fourth-order valence-electron chi connectivity index (χ4n) is 3.27. The van der Waals surface area contributed by atoms with Crippen LogP contribution < -0.4 is 5.32 Å². The number of carbonyl (C=O) groups excluding carboxylic acids is 1. The predicted octanol–water partition coefficient (Wildman–Crippen LogP) is 0.423.